The molecule has 0 amide bonds. The summed E-state index contributed by atoms with van der Waals surface area (Å²) in [5.74, 6) is 2.48. The molecule has 0 saturated heterocycles. The van der Waals surface area contributed by atoms with Gasteiger partial charge in [-0.1, -0.05) is 6.07 Å². The Kier molecular flexibility index (Phi) is 8.54. The lowest BCUT2D eigenvalue weighted by Gasteiger charge is -2.12. The number of pyridine rings is 1. The molecule has 8 nitrogen and oxygen atoms in total. The summed E-state index contributed by atoms with van der Waals surface area (Å²) in [5.41, 5.74) is 1.06. The van der Waals surface area contributed by atoms with Gasteiger partial charge < -0.3 is 19.9 Å². The smallest absolute Gasteiger partial charge is 0.191 e. The summed E-state index contributed by atoms with van der Waals surface area (Å²) < 4.78 is 7.32. The van der Waals surface area contributed by atoms with Gasteiger partial charge in [-0.05, 0) is 32.4 Å². The van der Waals surface area contributed by atoms with Gasteiger partial charge in [0.2, 0.25) is 0 Å². The number of ether oxygens (including phenoxy) is 1. The molecule has 0 aliphatic carbocycles. The van der Waals surface area contributed by atoms with E-state index in [4.69, 9.17) is 4.74 Å². The number of guanidine groups is 1. The van der Waals surface area contributed by atoms with E-state index in [-0.39, 0.29) is 0 Å². The highest BCUT2D eigenvalue weighted by atomic mass is 16.5. The van der Waals surface area contributed by atoms with Crippen molar-refractivity contribution in [2.75, 3.05) is 26.3 Å². The van der Waals surface area contributed by atoms with E-state index in [0.29, 0.717) is 6.54 Å². The number of aryl methyl sites for hydroxylation is 1. The molecule has 2 rings (SSSR count). The average molecular weight is 359 g/mol. The summed E-state index contributed by atoms with van der Waals surface area (Å²) >= 11 is 0. The van der Waals surface area contributed by atoms with Crippen LogP contribution in [0.2, 0.25) is 0 Å². The average Bonchev–Trinajstić information content (AvgIpc) is 2.98. The Morgan fingerprint density at radius 2 is 2.08 bits per heavy atom. The predicted octanol–water partition coefficient (Wildman–Crippen LogP) is 1.22. The van der Waals surface area contributed by atoms with Gasteiger partial charge in [-0.25, -0.2) is 4.99 Å². The van der Waals surface area contributed by atoms with Gasteiger partial charge in [0.05, 0.1) is 0 Å². The lowest BCUT2D eigenvalue weighted by Crippen LogP contribution is -2.39. The maximum absolute atomic E-state index is 5.37. The van der Waals surface area contributed by atoms with Crippen molar-refractivity contribution in [1.29, 1.82) is 0 Å². The van der Waals surface area contributed by atoms with E-state index in [9.17, 15) is 0 Å². The minimum absolute atomic E-state index is 0.474. The Morgan fingerprint density at radius 3 is 2.77 bits per heavy atom. The molecule has 142 valence electrons. The van der Waals surface area contributed by atoms with Crippen LogP contribution in [0.15, 0.2) is 29.4 Å². The Bertz CT molecular complexity index is 669. The monoisotopic (exact) mass is 359 g/mol. The molecule has 0 aromatic carbocycles. The SMILES string of the molecule is CCOCCCNC(=NCc1nnc(C)n1C)NCCc1ccccn1. The second-order valence-electron chi connectivity index (χ2n) is 5.86. The summed E-state index contributed by atoms with van der Waals surface area (Å²) in [6, 6.07) is 5.95. The highest BCUT2D eigenvalue weighted by Gasteiger charge is 2.05. The van der Waals surface area contributed by atoms with Crippen molar-refractivity contribution < 1.29 is 4.74 Å². The molecule has 0 unspecified atom stereocenters. The molecule has 0 aliphatic heterocycles. The third-order valence-corrected chi connectivity index (χ3v) is 3.92. The zero-order valence-electron chi connectivity index (χ0n) is 15.9. The molecule has 8 heteroatoms. The van der Waals surface area contributed by atoms with E-state index in [0.717, 1.165) is 62.4 Å². The minimum Gasteiger partial charge on any atom is -0.382 e. The fourth-order valence-corrected chi connectivity index (χ4v) is 2.29. The van der Waals surface area contributed by atoms with Gasteiger partial charge in [0.25, 0.3) is 0 Å². The Labute approximate surface area is 155 Å². The van der Waals surface area contributed by atoms with Crippen molar-refractivity contribution >= 4 is 5.96 Å². The topological polar surface area (TPSA) is 89.2 Å². The first-order chi connectivity index (χ1) is 12.7. The molecule has 0 aliphatic rings. The van der Waals surface area contributed by atoms with Gasteiger partial charge in [0.1, 0.15) is 12.4 Å². The molecule has 26 heavy (non-hydrogen) atoms. The van der Waals surface area contributed by atoms with Crippen LogP contribution in [0.1, 0.15) is 30.7 Å². The number of nitrogens with zero attached hydrogens (tertiary/aromatic N) is 5. The quantitative estimate of drug-likeness (QED) is 0.377. The normalized spacial score (nSPS) is 11.6. The van der Waals surface area contributed by atoms with Gasteiger partial charge in [0, 0.05) is 51.7 Å². The van der Waals surface area contributed by atoms with Crippen molar-refractivity contribution in [1.82, 2.24) is 30.4 Å². The molecule has 0 saturated carbocycles. The zero-order valence-corrected chi connectivity index (χ0v) is 15.9. The Hall–Kier alpha value is -2.48. The summed E-state index contributed by atoms with van der Waals surface area (Å²) in [6.07, 6.45) is 3.58. The lowest BCUT2D eigenvalue weighted by molar-refractivity contribution is 0.145. The first kappa shape index (κ1) is 19.8. The van der Waals surface area contributed by atoms with E-state index in [1.807, 2.05) is 49.9 Å². The van der Waals surface area contributed by atoms with Crippen molar-refractivity contribution in [3.05, 3.63) is 41.7 Å². The number of nitrogens with one attached hydrogen (secondary N) is 2. The molecule has 0 fully saturated rings. The summed E-state index contributed by atoms with van der Waals surface area (Å²) in [5, 5.41) is 14.9. The largest absolute Gasteiger partial charge is 0.382 e. The van der Waals surface area contributed by atoms with E-state index in [1.165, 1.54) is 0 Å². The molecule has 2 heterocycles. The second kappa shape index (κ2) is 11.2. The lowest BCUT2D eigenvalue weighted by atomic mass is 10.3. The van der Waals surface area contributed by atoms with Gasteiger partial charge in [-0.2, -0.15) is 0 Å². The first-order valence-corrected chi connectivity index (χ1v) is 9.05. The maximum atomic E-state index is 5.37. The molecule has 2 aromatic heterocycles. The Morgan fingerprint density at radius 1 is 1.23 bits per heavy atom. The number of hydrogen-bond donors (Lipinski definition) is 2. The highest BCUT2D eigenvalue weighted by molar-refractivity contribution is 5.79. The van der Waals surface area contributed by atoms with Gasteiger partial charge >= 0.3 is 0 Å². The summed E-state index contributed by atoms with van der Waals surface area (Å²) in [4.78, 5) is 8.97. The maximum Gasteiger partial charge on any atom is 0.191 e. The summed E-state index contributed by atoms with van der Waals surface area (Å²) in [7, 11) is 1.95. The minimum atomic E-state index is 0.474. The molecule has 0 radical (unpaired) electrons. The van der Waals surface area contributed by atoms with Crippen LogP contribution in [0.25, 0.3) is 0 Å². The third-order valence-electron chi connectivity index (χ3n) is 3.92. The molecular weight excluding hydrogens is 330 g/mol. The predicted molar refractivity (Wildman–Crippen MR) is 102 cm³/mol. The van der Waals surface area contributed by atoms with Crippen LogP contribution < -0.4 is 10.6 Å². The van der Waals surface area contributed by atoms with Crippen LogP contribution in [0, 0.1) is 6.92 Å². The molecular formula is C18H29N7O. The number of rotatable bonds is 10. The molecule has 0 bridgehead atoms. The van der Waals surface area contributed by atoms with E-state index in [2.05, 4.69) is 30.8 Å². The van der Waals surface area contributed by atoms with E-state index >= 15 is 0 Å². The fraction of sp³-hybridized carbons (Fsp3) is 0.556. The summed E-state index contributed by atoms with van der Waals surface area (Å²) in [6.45, 7) is 7.45. The van der Waals surface area contributed by atoms with Crippen LogP contribution in [-0.2, 0) is 24.8 Å². The number of aromatic nitrogens is 4. The van der Waals surface area contributed by atoms with Crippen molar-refractivity contribution in [3.63, 3.8) is 0 Å². The molecule has 0 atom stereocenters. The van der Waals surface area contributed by atoms with Gasteiger partial charge in [-0.3, -0.25) is 4.98 Å². The van der Waals surface area contributed by atoms with Crippen molar-refractivity contribution in [2.24, 2.45) is 12.0 Å². The third kappa shape index (κ3) is 6.79. The molecule has 0 spiro atoms. The van der Waals surface area contributed by atoms with Crippen LogP contribution in [0.5, 0.6) is 0 Å². The molecule has 2 aromatic rings. The van der Waals surface area contributed by atoms with Crippen LogP contribution in [0.4, 0.5) is 0 Å². The number of aliphatic imine (C=N–C) groups is 1. The number of hydrogen-bond acceptors (Lipinski definition) is 5. The van der Waals surface area contributed by atoms with E-state index in [1.54, 1.807) is 0 Å². The second-order valence-corrected chi connectivity index (χ2v) is 5.86. The van der Waals surface area contributed by atoms with Crippen molar-refractivity contribution in [2.45, 2.75) is 33.2 Å². The van der Waals surface area contributed by atoms with Crippen LogP contribution in [0.3, 0.4) is 0 Å². The van der Waals surface area contributed by atoms with E-state index < -0.39 is 0 Å². The fourth-order valence-electron chi connectivity index (χ4n) is 2.29. The van der Waals surface area contributed by atoms with Gasteiger partial charge in [-0.15, -0.1) is 10.2 Å². The van der Waals surface area contributed by atoms with Crippen LogP contribution >= 0.6 is 0 Å². The molecule has 2 N–H and O–H groups in total. The standard InChI is InChI=1S/C18H29N7O/c1-4-26-13-7-11-20-18(21-12-9-16-8-5-6-10-19-16)22-14-17-24-23-15(2)25(17)3/h5-6,8,10H,4,7,9,11-14H2,1-3H3,(H2,20,21,22). The highest BCUT2D eigenvalue weighted by Crippen LogP contribution is 1.99. The first-order valence-electron chi connectivity index (χ1n) is 9.05. The zero-order chi connectivity index (χ0) is 18.6. The Balaban J connectivity index is 1.87. The van der Waals surface area contributed by atoms with Crippen LogP contribution in [-0.4, -0.2) is 52.0 Å². The van der Waals surface area contributed by atoms with Crippen molar-refractivity contribution in [3.8, 4) is 0 Å². The van der Waals surface area contributed by atoms with Gasteiger partial charge in [0.15, 0.2) is 11.8 Å².